The van der Waals surface area contributed by atoms with E-state index in [-0.39, 0.29) is 6.61 Å². The number of benzene rings is 1. The molecule has 21 heavy (non-hydrogen) atoms. The largest absolute Gasteiger partial charge is 0.484 e. The number of hydrogen-bond donors (Lipinski definition) is 1. The van der Waals surface area contributed by atoms with Crippen LogP contribution in [-0.4, -0.2) is 21.1 Å². The first-order valence-electron chi connectivity index (χ1n) is 5.84. The zero-order chi connectivity index (χ0) is 15.4. The van der Waals surface area contributed by atoms with Crippen molar-refractivity contribution in [3.8, 4) is 5.75 Å². The van der Waals surface area contributed by atoms with Crippen LogP contribution in [0.15, 0.2) is 12.1 Å². The van der Waals surface area contributed by atoms with Gasteiger partial charge in [0, 0.05) is 24.1 Å². The van der Waals surface area contributed by atoms with Crippen LogP contribution < -0.4 is 10.1 Å². The summed E-state index contributed by atoms with van der Waals surface area (Å²) in [4.78, 5) is 9.48. The second kappa shape index (κ2) is 6.39. The topological polar surface area (TPSA) is 90.2 Å². The Morgan fingerprint density at radius 1 is 1.43 bits per heavy atom. The summed E-state index contributed by atoms with van der Waals surface area (Å²) in [7, 11) is 0. The molecule has 0 unspecified atom stereocenters. The smallest absolute Gasteiger partial charge is 0.307 e. The molecule has 1 aromatic carbocycles. The van der Waals surface area contributed by atoms with Gasteiger partial charge in [-0.25, -0.2) is 4.39 Å². The third-order valence-corrected chi connectivity index (χ3v) is 3.18. The molecule has 0 bridgehead atoms. The van der Waals surface area contributed by atoms with Gasteiger partial charge >= 0.3 is 5.69 Å². The second-order valence-corrected chi connectivity index (χ2v) is 4.61. The number of rotatable bonds is 6. The molecule has 0 fully saturated rings. The minimum Gasteiger partial charge on any atom is -0.484 e. The lowest BCUT2D eigenvalue weighted by molar-refractivity contribution is -0.387. The molecule has 10 heteroatoms. The van der Waals surface area contributed by atoms with Crippen LogP contribution in [0, 0.1) is 21.7 Å². The van der Waals surface area contributed by atoms with Gasteiger partial charge in [0.05, 0.1) is 11.0 Å². The number of nitrogens with zero attached hydrogens (tertiary/aromatic N) is 3. The Kier molecular flexibility index (Phi) is 4.58. The average molecular weight is 316 g/mol. The lowest BCUT2D eigenvalue weighted by atomic mass is 10.3. The fraction of sp³-hybridized carbons (Fsp3) is 0.273. The molecule has 1 N–H and O–H groups in total. The zero-order valence-corrected chi connectivity index (χ0v) is 11.6. The van der Waals surface area contributed by atoms with Crippen LogP contribution in [0.5, 0.6) is 5.75 Å². The number of hydrogen-bond acceptors (Lipinski definition) is 7. The summed E-state index contributed by atoms with van der Waals surface area (Å²) < 4.78 is 35.9. The third-order valence-electron chi connectivity index (χ3n) is 2.46. The normalized spacial score (nSPS) is 10.4. The van der Waals surface area contributed by atoms with Crippen molar-refractivity contribution >= 4 is 22.2 Å². The first-order chi connectivity index (χ1) is 10.0. The first kappa shape index (κ1) is 15.0. The summed E-state index contributed by atoms with van der Waals surface area (Å²) in [5.74, 6) is -2.61. The van der Waals surface area contributed by atoms with Gasteiger partial charge in [0.2, 0.25) is 5.82 Å². The van der Waals surface area contributed by atoms with Crippen molar-refractivity contribution in [1.29, 1.82) is 0 Å². The molecule has 7 nitrogen and oxygen atoms in total. The van der Waals surface area contributed by atoms with E-state index in [0.29, 0.717) is 29.4 Å². The highest BCUT2D eigenvalue weighted by atomic mass is 32.1. The van der Waals surface area contributed by atoms with Crippen molar-refractivity contribution in [2.75, 3.05) is 11.9 Å². The summed E-state index contributed by atoms with van der Waals surface area (Å²) in [6.45, 7) is 2.40. The van der Waals surface area contributed by atoms with Crippen LogP contribution in [-0.2, 0) is 6.61 Å². The maximum atomic E-state index is 13.6. The minimum absolute atomic E-state index is 0.132. The Hall–Kier alpha value is -2.36. The molecule has 0 radical (unpaired) electrons. The highest BCUT2D eigenvalue weighted by Crippen LogP contribution is 2.27. The third kappa shape index (κ3) is 3.40. The summed E-state index contributed by atoms with van der Waals surface area (Å²) in [6.07, 6.45) is 0. The van der Waals surface area contributed by atoms with Gasteiger partial charge in [-0.1, -0.05) is 4.49 Å². The second-order valence-electron chi connectivity index (χ2n) is 3.86. The zero-order valence-electron chi connectivity index (χ0n) is 10.8. The fourth-order valence-electron chi connectivity index (χ4n) is 1.51. The molecule has 1 aromatic heterocycles. The first-order valence-corrected chi connectivity index (χ1v) is 6.61. The van der Waals surface area contributed by atoms with Crippen LogP contribution >= 0.6 is 11.5 Å². The number of nitro benzene ring substituents is 1. The number of nitro groups is 1. The Morgan fingerprint density at radius 3 is 2.86 bits per heavy atom. The predicted octanol–water partition coefficient (Wildman–Crippen LogP) is 2.74. The monoisotopic (exact) mass is 316 g/mol. The van der Waals surface area contributed by atoms with Crippen molar-refractivity contribution in [3.05, 3.63) is 39.6 Å². The lowest BCUT2D eigenvalue weighted by Gasteiger charge is -2.07. The SMILES string of the molecule is CCNc1snnc1COc1cc(F)c([N+](=O)[O-])cc1F. The van der Waals surface area contributed by atoms with Crippen LogP contribution in [0.3, 0.4) is 0 Å². The number of anilines is 1. The molecule has 2 aromatic rings. The average Bonchev–Trinajstić information content (AvgIpc) is 2.87. The molecule has 0 amide bonds. The van der Waals surface area contributed by atoms with Gasteiger partial charge in [0.1, 0.15) is 17.3 Å². The molecule has 0 saturated carbocycles. The predicted molar refractivity (Wildman–Crippen MR) is 71.4 cm³/mol. The molecule has 1 heterocycles. The van der Waals surface area contributed by atoms with Gasteiger partial charge in [-0.3, -0.25) is 10.1 Å². The van der Waals surface area contributed by atoms with E-state index in [0.717, 1.165) is 11.5 Å². The van der Waals surface area contributed by atoms with Gasteiger partial charge < -0.3 is 10.1 Å². The molecule has 0 saturated heterocycles. The fourth-order valence-corrected chi connectivity index (χ4v) is 2.15. The van der Waals surface area contributed by atoms with E-state index in [1.165, 1.54) is 0 Å². The molecule has 112 valence electrons. The summed E-state index contributed by atoms with van der Waals surface area (Å²) in [6, 6.07) is 1.12. The van der Waals surface area contributed by atoms with Crippen LogP contribution in [0.2, 0.25) is 0 Å². The molecule has 0 aliphatic rings. The van der Waals surface area contributed by atoms with Crippen molar-refractivity contribution < 1.29 is 18.4 Å². The Bertz CT molecular complexity index is 665. The summed E-state index contributed by atoms with van der Waals surface area (Å²) in [5.41, 5.74) is -0.497. The van der Waals surface area contributed by atoms with Gasteiger partial charge in [0.25, 0.3) is 0 Å². The Balaban J connectivity index is 2.15. The molecular formula is C11H10F2N4O3S. The molecule has 2 rings (SSSR count). The van der Waals surface area contributed by atoms with Gasteiger partial charge in [-0.15, -0.1) is 5.10 Å². The van der Waals surface area contributed by atoms with E-state index in [1.54, 1.807) is 0 Å². The number of ether oxygens (including phenoxy) is 1. The lowest BCUT2D eigenvalue weighted by Crippen LogP contribution is -2.04. The van der Waals surface area contributed by atoms with Crippen LogP contribution in [0.25, 0.3) is 0 Å². The molecule has 0 spiro atoms. The Morgan fingerprint density at radius 2 is 2.19 bits per heavy atom. The highest BCUT2D eigenvalue weighted by molar-refractivity contribution is 7.10. The van der Waals surface area contributed by atoms with E-state index in [1.807, 2.05) is 6.92 Å². The van der Waals surface area contributed by atoms with Gasteiger partial charge in [0.15, 0.2) is 11.6 Å². The number of halogens is 2. The van der Waals surface area contributed by atoms with Crippen LogP contribution in [0.4, 0.5) is 19.5 Å². The molecular weight excluding hydrogens is 306 g/mol. The van der Waals surface area contributed by atoms with Gasteiger partial charge in [-0.05, 0) is 6.92 Å². The summed E-state index contributed by atoms with van der Waals surface area (Å²) in [5, 5.41) is 17.9. The van der Waals surface area contributed by atoms with Crippen molar-refractivity contribution in [2.24, 2.45) is 0 Å². The Labute approximate surface area is 121 Å². The van der Waals surface area contributed by atoms with Crippen molar-refractivity contribution in [3.63, 3.8) is 0 Å². The standard InChI is InChI=1S/C11H10F2N4O3S/c1-2-14-11-8(15-16-21-11)5-20-10-4-6(12)9(17(18)19)3-7(10)13/h3-4,14H,2,5H2,1H3. The minimum atomic E-state index is -1.17. The molecule has 0 aliphatic heterocycles. The number of aromatic nitrogens is 2. The van der Waals surface area contributed by atoms with E-state index in [2.05, 4.69) is 14.9 Å². The molecule has 0 aliphatic carbocycles. The van der Waals surface area contributed by atoms with E-state index >= 15 is 0 Å². The van der Waals surface area contributed by atoms with E-state index in [4.69, 9.17) is 4.74 Å². The number of nitrogens with one attached hydrogen (secondary N) is 1. The quantitative estimate of drug-likeness (QED) is 0.651. The van der Waals surface area contributed by atoms with Crippen molar-refractivity contribution in [1.82, 2.24) is 9.59 Å². The van der Waals surface area contributed by atoms with Gasteiger partial charge in [-0.2, -0.15) is 4.39 Å². The van der Waals surface area contributed by atoms with E-state index < -0.39 is 28.0 Å². The summed E-state index contributed by atoms with van der Waals surface area (Å²) >= 11 is 1.11. The van der Waals surface area contributed by atoms with E-state index in [9.17, 15) is 18.9 Å². The molecule has 0 atom stereocenters. The maximum absolute atomic E-state index is 13.6. The van der Waals surface area contributed by atoms with Crippen LogP contribution in [0.1, 0.15) is 12.6 Å². The van der Waals surface area contributed by atoms with Crippen molar-refractivity contribution in [2.45, 2.75) is 13.5 Å². The maximum Gasteiger partial charge on any atom is 0.307 e. The highest BCUT2D eigenvalue weighted by Gasteiger charge is 2.20.